The molecule has 0 N–H and O–H groups in total. The van der Waals surface area contributed by atoms with E-state index in [0.717, 1.165) is 21.9 Å². The van der Waals surface area contributed by atoms with E-state index in [1.807, 2.05) is 42.5 Å². The molecule has 0 amide bonds. The van der Waals surface area contributed by atoms with E-state index in [-0.39, 0.29) is 5.97 Å². The maximum Gasteiger partial charge on any atom is 0.338 e. The molecular weight excluding hydrogens is 260 g/mol. The van der Waals surface area contributed by atoms with Crippen LogP contribution in [0, 0.1) is 6.92 Å². The number of hydrogen-bond acceptors (Lipinski definition) is 2. The molecule has 0 heterocycles. The fraction of sp³-hybridized carbons (Fsp3) is 0.105. The second-order valence-electron chi connectivity index (χ2n) is 5.05. The van der Waals surface area contributed by atoms with Crippen molar-refractivity contribution in [1.29, 1.82) is 0 Å². The molecule has 0 spiro atoms. The third-order valence-corrected chi connectivity index (χ3v) is 3.72. The van der Waals surface area contributed by atoms with E-state index in [1.54, 1.807) is 0 Å². The SMILES string of the molecule is COC(=O)c1cc(-c2ccccc2C)cc2ccccc12. The van der Waals surface area contributed by atoms with Crippen molar-refractivity contribution in [3.05, 3.63) is 71.8 Å². The van der Waals surface area contributed by atoms with Crippen LogP contribution in [-0.2, 0) is 4.74 Å². The highest BCUT2D eigenvalue weighted by atomic mass is 16.5. The Labute approximate surface area is 124 Å². The van der Waals surface area contributed by atoms with Crippen LogP contribution in [-0.4, -0.2) is 13.1 Å². The molecule has 0 unspecified atom stereocenters. The smallest absolute Gasteiger partial charge is 0.338 e. The highest BCUT2D eigenvalue weighted by Crippen LogP contribution is 2.30. The van der Waals surface area contributed by atoms with Crippen LogP contribution in [0.4, 0.5) is 0 Å². The summed E-state index contributed by atoms with van der Waals surface area (Å²) in [7, 11) is 1.41. The van der Waals surface area contributed by atoms with Crippen molar-refractivity contribution in [3.63, 3.8) is 0 Å². The largest absolute Gasteiger partial charge is 0.465 e. The second kappa shape index (κ2) is 5.41. The number of benzene rings is 3. The minimum absolute atomic E-state index is 0.304. The summed E-state index contributed by atoms with van der Waals surface area (Å²) in [6, 6.07) is 20.1. The maximum atomic E-state index is 12.1. The van der Waals surface area contributed by atoms with Crippen LogP contribution in [0.3, 0.4) is 0 Å². The van der Waals surface area contributed by atoms with Gasteiger partial charge in [-0.3, -0.25) is 0 Å². The highest BCUT2D eigenvalue weighted by Gasteiger charge is 2.13. The molecule has 21 heavy (non-hydrogen) atoms. The van der Waals surface area contributed by atoms with Gasteiger partial charge < -0.3 is 4.74 Å². The quantitative estimate of drug-likeness (QED) is 0.639. The molecule has 0 aliphatic heterocycles. The Balaban J connectivity index is 2.31. The molecule has 0 aliphatic carbocycles. The van der Waals surface area contributed by atoms with E-state index in [1.165, 1.54) is 12.7 Å². The maximum absolute atomic E-state index is 12.1. The van der Waals surface area contributed by atoms with Gasteiger partial charge in [0.05, 0.1) is 12.7 Å². The number of hydrogen-bond donors (Lipinski definition) is 0. The first kappa shape index (κ1) is 13.4. The Bertz CT molecular complexity index is 819. The lowest BCUT2D eigenvalue weighted by atomic mass is 9.94. The van der Waals surface area contributed by atoms with Crippen LogP contribution in [0.1, 0.15) is 15.9 Å². The molecule has 3 aromatic rings. The van der Waals surface area contributed by atoms with Crippen molar-refractivity contribution in [3.8, 4) is 11.1 Å². The summed E-state index contributed by atoms with van der Waals surface area (Å²) in [4.78, 5) is 12.1. The van der Waals surface area contributed by atoms with E-state index in [0.29, 0.717) is 5.56 Å². The Morgan fingerprint density at radius 3 is 2.43 bits per heavy atom. The van der Waals surface area contributed by atoms with Crippen LogP contribution in [0.25, 0.3) is 21.9 Å². The average molecular weight is 276 g/mol. The normalized spacial score (nSPS) is 10.6. The molecule has 0 aromatic heterocycles. The van der Waals surface area contributed by atoms with E-state index in [2.05, 4.69) is 25.1 Å². The van der Waals surface area contributed by atoms with Crippen molar-refractivity contribution < 1.29 is 9.53 Å². The zero-order valence-corrected chi connectivity index (χ0v) is 12.1. The molecule has 104 valence electrons. The van der Waals surface area contributed by atoms with Crippen LogP contribution >= 0.6 is 0 Å². The molecular formula is C19H16O2. The number of carbonyl (C=O) groups is 1. The van der Waals surface area contributed by atoms with Gasteiger partial charge in [0.15, 0.2) is 0 Å². The van der Waals surface area contributed by atoms with Gasteiger partial charge >= 0.3 is 5.97 Å². The Hall–Kier alpha value is -2.61. The van der Waals surface area contributed by atoms with Crippen molar-refractivity contribution >= 4 is 16.7 Å². The Morgan fingerprint density at radius 2 is 1.67 bits per heavy atom. The number of carbonyl (C=O) groups excluding carboxylic acids is 1. The number of methoxy groups -OCH3 is 1. The first-order valence-corrected chi connectivity index (χ1v) is 6.88. The summed E-state index contributed by atoms with van der Waals surface area (Å²) in [5.74, 6) is -0.304. The van der Waals surface area contributed by atoms with Gasteiger partial charge in [-0.15, -0.1) is 0 Å². The zero-order valence-electron chi connectivity index (χ0n) is 12.1. The molecule has 3 aromatic carbocycles. The predicted octanol–water partition coefficient (Wildman–Crippen LogP) is 4.60. The molecule has 0 fully saturated rings. The van der Waals surface area contributed by atoms with Crippen molar-refractivity contribution in [2.75, 3.05) is 7.11 Å². The lowest BCUT2D eigenvalue weighted by Gasteiger charge is -2.11. The summed E-state index contributed by atoms with van der Waals surface area (Å²) in [6.07, 6.45) is 0. The fourth-order valence-electron chi connectivity index (χ4n) is 2.64. The summed E-state index contributed by atoms with van der Waals surface area (Å²) in [5, 5.41) is 1.96. The number of aryl methyl sites for hydroxylation is 1. The van der Waals surface area contributed by atoms with Crippen molar-refractivity contribution in [2.45, 2.75) is 6.92 Å². The van der Waals surface area contributed by atoms with Gasteiger partial charge in [0.25, 0.3) is 0 Å². The highest BCUT2D eigenvalue weighted by molar-refractivity contribution is 6.06. The van der Waals surface area contributed by atoms with Gasteiger partial charge in [0.1, 0.15) is 0 Å². The van der Waals surface area contributed by atoms with E-state index in [9.17, 15) is 4.79 Å². The van der Waals surface area contributed by atoms with Crippen LogP contribution < -0.4 is 0 Å². The fourth-order valence-corrected chi connectivity index (χ4v) is 2.64. The number of esters is 1. The molecule has 0 atom stereocenters. The first-order chi connectivity index (χ1) is 10.2. The first-order valence-electron chi connectivity index (χ1n) is 6.88. The topological polar surface area (TPSA) is 26.3 Å². The molecule has 0 saturated carbocycles. The summed E-state index contributed by atoms with van der Waals surface area (Å²) >= 11 is 0. The van der Waals surface area contributed by atoms with Crippen LogP contribution in [0.2, 0.25) is 0 Å². The van der Waals surface area contributed by atoms with Gasteiger partial charge in [-0.25, -0.2) is 4.79 Å². The second-order valence-corrected chi connectivity index (χ2v) is 5.05. The third kappa shape index (κ3) is 2.40. The minimum atomic E-state index is -0.304. The van der Waals surface area contributed by atoms with E-state index < -0.39 is 0 Å². The molecule has 0 bridgehead atoms. The van der Waals surface area contributed by atoms with Crippen LogP contribution in [0.5, 0.6) is 0 Å². The molecule has 2 nitrogen and oxygen atoms in total. The summed E-state index contributed by atoms with van der Waals surface area (Å²) in [6.45, 7) is 2.07. The standard InChI is InChI=1S/C19H16O2/c1-13-7-3-5-9-16(13)15-11-14-8-4-6-10-17(14)18(12-15)19(20)21-2/h3-12H,1-2H3. The third-order valence-electron chi connectivity index (χ3n) is 3.72. The number of rotatable bonds is 2. The number of ether oxygens (including phenoxy) is 1. The van der Waals surface area contributed by atoms with Crippen LogP contribution in [0.15, 0.2) is 60.7 Å². The minimum Gasteiger partial charge on any atom is -0.465 e. The Kier molecular flexibility index (Phi) is 3.44. The van der Waals surface area contributed by atoms with E-state index >= 15 is 0 Å². The van der Waals surface area contributed by atoms with Crippen molar-refractivity contribution in [1.82, 2.24) is 0 Å². The Morgan fingerprint density at radius 1 is 0.952 bits per heavy atom. The number of fused-ring (bicyclic) bond motifs is 1. The predicted molar refractivity (Wildman–Crippen MR) is 85.5 cm³/mol. The van der Waals surface area contributed by atoms with Gasteiger partial charge in [-0.2, -0.15) is 0 Å². The molecule has 0 saturated heterocycles. The zero-order chi connectivity index (χ0) is 14.8. The molecule has 0 radical (unpaired) electrons. The molecule has 2 heteroatoms. The van der Waals surface area contributed by atoms with Gasteiger partial charge in [0, 0.05) is 0 Å². The molecule has 3 rings (SSSR count). The lowest BCUT2D eigenvalue weighted by Crippen LogP contribution is -2.02. The summed E-state index contributed by atoms with van der Waals surface area (Å²) in [5.41, 5.74) is 3.96. The van der Waals surface area contributed by atoms with Gasteiger partial charge in [-0.05, 0) is 46.5 Å². The summed E-state index contributed by atoms with van der Waals surface area (Å²) < 4.78 is 4.93. The van der Waals surface area contributed by atoms with E-state index in [4.69, 9.17) is 4.74 Å². The van der Waals surface area contributed by atoms with Gasteiger partial charge in [0.2, 0.25) is 0 Å². The average Bonchev–Trinajstić information content (AvgIpc) is 2.53. The lowest BCUT2D eigenvalue weighted by molar-refractivity contribution is 0.0603. The monoisotopic (exact) mass is 276 g/mol. The molecule has 0 aliphatic rings. The van der Waals surface area contributed by atoms with Crippen molar-refractivity contribution in [2.24, 2.45) is 0 Å². The van der Waals surface area contributed by atoms with Gasteiger partial charge in [-0.1, -0.05) is 48.5 Å².